The van der Waals surface area contributed by atoms with Crippen molar-refractivity contribution in [2.75, 3.05) is 20.1 Å². The maximum Gasteiger partial charge on any atom is 0.270 e. The summed E-state index contributed by atoms with van der Waals surface area (Å²) in [5.74, 6) is 0.169. The summed E-state index contributed by atoms with van der Waals surface area (Å²) >= 11 is 0. The topological polar surface area (TPSA) is 48.1 Å². The Bertz CT molecular complexity index is 438. The molecule has 2 N–H and O–H groups in total. The number of hydrogen-bond donors (Lipinski definition) is 2. The first-order valence-electron chi connectivity index (χ1n) is 6.95. The zero-order valence-electron chi connectivity index (χ0n) is 11.0. The second-order valence-electron chi connectivity index (χ2n) is 5.42. The standard InChI is InChI=1S/C14H21N3O.2H2/c1-15-11-6-7-17(9-11)14(18)13-8-10-4-2-3-5-12(10)16-13;;/h8,11,15-16H,2-7,9H2,1H3;2*1H. The number of likely N-dealkylation sites (N-methyl/N-ethyl adjacent to an activating group) is 1. The fourth-order valence-corrected chi connectivity index (χ4v) is 3.07. The summed E-state index contributed by atoms with van der Waals surface area (Å²) in [4.78, 5) is 17.7. The Kier molecular flexibility index (Phi) is 3.12. The lowest BCUT2D eigenvalue weighted by Gasteiger charge is -2.15. The van der Waals surface area contributed by atoms with Crippen LogP contribution in [-0.4, -0.2) is 42.0 Å². The van der Waals surface area contributed by atoms with Crippen molar-refractivity contribution in [1.29, 1.82) is 0 Å². The minimum absolute atomic E-state index is 0. The molecule has 1 fully saturated rings. The van der Waals surface area contributed by atoms with Crippen LogP contribution >= 0.6 is 0 Å². The molecular formula is C14H25N3O. The van der Waals surface area contributed by atoms with E-state index in [0.717, 1.165) is 38.0 Å². The number of aromatic amines is 1. The number of amides is 1. The van der Waals surface area contributed by atoms with Gasteiger partial charge in [0.05, 0.1) is 0 Å². The molecule has 1 aliphatic carbocycles. The molecule has 2 aliphatic rings. The first-order chi connectivity index (χ1) is 8.78. The van der Waals surface area contributed by atoms with Gasteiger partial charge in [-0.2, -0.15) is 0 Å². The smallest absolute Gasteiger partial charge is 0.270 e. The van der Waals surface area contributed by atoms with Crippen LogP contribution < -0.4 is 5.32 Å². The quantitative estimate of drug-likeness (QED) is 0.842. The van der Waals surface area contributed by atoms with Gasteiger partial charge in [-0.15, -0.1) is 0 Å². The molecule has 4 nitrogen and oxygen atoms in total. The van der Waals surface area contributed by atoms with Crippen molar-refractivity contribution >= 4 is 5.91 Å². The van der Waals surface area contributed by atoms with Crippen molar-refractivity contribution in [3.8, 4) is 0 Å². The minimum Gasteiger partial charge on any atom is -0.354 e. The first kappa shape index (κ1) is 11.8. The van der Waals surface area contributed by atoms with Gasteiger partial charge in [0.15, 0.2) is 0 Å². The average molecular weight is 251 g/mol. The number of carbonyl (C=O) groups is 1. The molecule has 2 heterocycles. The summed E-state index contributed by atoms with van der Waals surface area (Å²) in [6.45, 7) is 1.70. The molecule has 0 spiro atoms. The van der Waals surface area contributed by atoms with Crippen molar-refractivity contribution in [3.63, 3.8) is 0 Å². The van der Waals surface area contributed by atoms with Gasteiger partial charge in [0, 0.05) is 27.7 Å². The van der Waals surface area contributed by atoms with Gasteiger partial charge in [-0.1, -0.05) is 0 Å². The van der Waals surface area contributed by atoms with Crippen molar-refractivity contribution in [2.45, 2.75) is 38.1 Å². The number of nitrogens with zero attached hydrogens (tertiary/aromatic N) is 1. The van der Waals surface area contributed by atoms with Gasteiger partial charge in [-0.3, -0.25) is 4.79 Å². The molecule has 0 aromatic carbocycles. The highest BCUT2D eigenvalue weighted by atomic mass is 16.2. The van der Waals surface area contributed by atoms with Crippen LogP contribution in [0.1, 0.15) is 43.9 Å². The van der Waals surface area contributed by atoms with Crippen LogP contribution in [0.2, 0.25) is 0 Å². The Balaban J connectivity index is 0.000001000. The van der Waals surface area contributed by atoms with E-state index in [-0.39, 0.29) is 8.76 Å². The van der Waals surface area contributed by atoms with Crippen LogP contribution in [0.5, 0.6) is 0 Å². The Morgan fingerprint density at radius 2 is 2.33 bits per heavy atom. The second kappa shape index (κ2) is 4.76. The summed E-state index contributed by atoms with van der Waals surface area (Å²) < 4.78 is 0. The molecule has 4 heteroatoms. The van der Waals surface area contributed by atoms with E-state index in [1.54, 1.807) is 0 Å². The third kappa shape index (κ3) is 2.05. The van der Waals surface area contributed by atoms with Crippen molar-refractivity contribution in [2.24, 2.45) is 0 Å². The monoisotopic (exact) mass is 251 g/mol. The molecule has 1 unspecified atom stereocenters. The van der Waals surface area contributed by atoms with Crippen LogP contribution in [0.3, 0.4) is 0 Å². The lowest BCUT2D eigenvalue weighted by atomic mass is 9.98. The minimum atomic E-state index is 0. The normalized spacial score (nSPS) is 23.2. The molecule has 1 amide bonds. The van der Waals surface area contributed by atoms with E-state index in [2.05, 4.69) is 16.4 Å². The fraction of sp³-hybridized carbons (Fsp3) is 0.643. The Morgan fingerprint density at radius 1 is 1.50 bits per heavy atom. The summed E-state index contributed by atoms with van der Waals surface area (Å²) in [5, 5.41) is 3.25. The summed E-state index contributed by atoms with van der Waals surface area (Å²) in [6.07, 6.45) is 5.78. The number of carbonyl (C=O) groups excluding carboxylic acids is 1. The second-order valence-corrected chi connectivity index (χ2v) is 5.42. The molecule has 0 radical (unpaired) electrons. The molecule has 1 saturated heterocycles. The number of fused-ring (bicyclic) bond motifs is 1. The number of aromatic nitrogens is 1. The highest BCUT2D eigenvalue weighted by Gasteiger charge is 2.27. The third-order valence-corrected chi connectivity index (χ3v) is 4.23. The molecule has 3 rings (SSSR count). The molecule has 1 aromatic heterocycles. The molecule has 0 bridgehead atoms. The summed E-state index contributed by atoms with van der Waals surface area (Å²) in [7, 11) is 1.96. The van der Waals surface area contributed by atoms with Gasteiger partial charge in [-0.05, 0) is 50.8 Å². The van der Waals surface area contributed by atoms with E-state index in [1.165, 1.54) is 24.1 Å². The predicted molar refractivity (Wildman–Crippen MR) is 75.0 cm³/mol. The van der Waals surface area contributed by atoms with E-state index in [4.69, 9.17) is 0 Å². The summed E-state index contributed by atoms with van der Waals surface area (Å²) in [5.41, 5.74) is 3.43. The lowest BCUT2D eigenvalue weighted by molar-refractivity contribution is 0.0784. The Labute approximate surface area is 111 Å². The maximum absolute atomic E-state index is 12.4. The molecule has 102 valence electrons. The molecule has 1 aliphatic heterocycles. The van der Waals surface area contributed by atoms with Crippen LogP contribution in [0, 0.1) is 0 Å². The molecule has 1 atom stereocenters. The zero-order valence-corrected chi connectivity index (χ0v) is 11.0. The number of hydrogen-bond acceptors (Lipinski definition) is 2. The third-order valence-electron chi connectivity index (χ3n) is 4.23. The van der Waals surface area contributed by atoms with E-state index in [1.807, 2.05) is 11.9 Å². The van der Waals surface area contributed by atoms with Crippen LogP contribution in [0.25, 0.3) is 0 Å². The Morgan fingerprint density at radius 3 is 3.06 bits per heavy atom. The lowest BCUT2D eigenvalue weighted by Crippen LogP contribution is -2.33. The van der Waals surface area contributed by atoms with Crippen LogP contribution in [0.4, 0.5) is 0 Å². The first-order valence-corrected chi connectivity index (χ1v) is 6.95. The number of nitrogens with one attached hydrogen (secondary N) is 2. The number of rotatable bonds is 2. The van der Waals surface area contributed by atoms with E-state index in [0.29, 0.717) is 6.04 Å². The number of aryl methyl sites for hydroxylation is 2. The van der Waals surface area contributed by atoms with Crippen LogP contribution in [-0.2, 0) is 12.8 Å². The van der Waals surface area contributed by atoms with Gasteiger partial charge < -0.3 is 15.2 Å². The highest BCUT2D eigenvalue weighted by Crippen LogP contribution is 2.23. The van der Waals surface area contributed by atoms with Crippen LogP contribution in [0.15, 0.2) is 6.07 Å². The van der Waals surface area contributed by atoms with E-state index < -0.39 is 0 Å². The molecule has 1 aromatic rings. The van der Waals surface area contributed by atoms with Gasteiger partial charge in [0.25, 0.3) is 5.91 Å². The van der Waals surface area contributed by atoms with Crippen molar-refractivity contribution < 1.29 is 7.65 Å². The van der Waals surface area contributed by atoms with E-state index in [9.17, 15) is 4.79 Å². The SMILES string of the molecule is CNC1CCN(C(=O)c2cc3c([nH]2)CCCC3)C1.[HH].[HH]. The van der Waals surface area contributed by atoms with Gasteiger partial charge >= 0.3 is 0 Å². The molecule has 18 heavy (non-hydrogen) atoms. The summed E-state index contributed by atoms with van der Waals surface area (Å²) in [6, 6.07) is 2.53. The van der Waals surface area contributed by atoms with Gasteiger partial charge in [0.1, 0.15) is 5.69 Å². The molecular weight excluding hydrogens is 226 g/mol. The highest BCUT2D eigenvalue weighted by molar-refractivity contribution is 5.93. The maximum atomic E-state index is 12.4. The average Bonchev–Trinajstić information content (AvgIpc) is 3.04. The van der Waals surface area contributed by atoms with E-state index >= 15 is 0 Å². The fourth-order valence-electron chi connectivity index (χ4n) is 3.07. The molecule has 0 saturated carbocycles. The van der Waals surface area contributed by atoms with Crippen molar-refractivity contribution in [3.05, 3.63) is 23.0 Å². The van der Waals surface area contributed by atoms with Gasteiger partial charge in [-0.25, -0.2) is 0 Å². The number of H-pyrrole nitrogens is 1. The van der Waals surface area contributed by atoms with Crippen molar-refractivity contribution in [1.82, 2.24) is 15.2 Å². The predicted octanol–water partition coefficient (Wildman–Crippen LogP) is 1.82. The largest absolute Gasteiger partial charge is 0.354 e. The number of likely N-dealkylation sites (tertiary alicyclic amines) is 1. The zero-order chi connectivity index (χ0) is 12.5. The Hall–Kier alpha value is -1.29. The van der Waals surface area contributed by atoms with Gasteiger partial charge in [0.2, 0.25) is 0 Å².